The summed E-state index contributed by atoms with van der Waals surface area (Å²) in [5.41, 5.74) is 2.20. The zero-order chi connectivity index (χ0) is 16.2. The van der Waals surface area contributed by atoms with Gasteiger partial charge >= 0.3 is 0 Å². The highest BCUT2D eigenvalue weighted by atomic mass is 16.5. The van der Waals surface area contributed by atoms with E-state index in [9.17, 15) is 4.79 Å². The lowest BCUT2D eigenvalue weighted by molar-refractivity contribution is -0.0249. The third-order valence-corrected chi connectivity index (χ3v) is 3.75. The molecule has 3 heterocycles. The van der Waals surface area contributed by atoms with Crippen molar-refractivity contribution in [2.45, 2.75) is 6.10 Å². The molecule has 0 aliphatic carbocycles. The predicted octanol–water partition coefficient (Wildman–Crippen LogP) is 1.15. The number of carbonyl (C=O) groups excluding carboxylic acids is 1. The van der Waals surface area contributed by atoms with Crippen molar-refractivity contribution in [1.29, 1.82) is 0 Å². The maximum atomic E-state index is 12.5. The quantitative estimate of drug-likeness (QED) is 0.846. The predicted molar refractivity (Wildman–Crippen MR) is 85.2 cm³/mol. The Labute approximate surface area is 134 Å². The van der Waals surface area contributed by atoms with Crippen molar-refractivity contribution in [2.24, 2.45) is 0 Å². The normalized spacial score (nSPS) is 17.8. The van der Waals surface area contributed by atoms with Crippen molar-refractivity contribution in [2.75, 3.05) is 38.7 Å². The van der Waals surface area contributed by atoms with Crippen LogP contribution in [0.2, 0.25) is 0 Å². The molecule has 1 fully saturated rings. The Morgan fingerprint density at radius 3 is 2.78 bits per heavy atom. The number of ether oxygens (including phenoxy) is 1. The second kappa shape index (κ2) is 6.70. The average molecular weight is 313 g/mol. The van der Waals surface area contributed by atoms with E-state index in [4.69, 9.17) is 4.74 Å². The van der Waals surface area contributed by atoms with Crippen LogP contribution in [0.15, 0.2) is 36.9 Å². The molecule has 0 radical (unpaired) electrons. The summed E-state index contributed by atoms with van der Waals surface area (Å²) in [6.45, 7) is 1.49. The fraction of sp³-hybridized carbons (Fsp3) is 0.375. The van der Waals surface area contributed by atoms with Crippen molar-refractivity contribution in [3.8, 4) is 0 Å². The Balaban J connectivity index is 1.72. The Morgan fingerprint density at radius 1 is 1.26 bits per heavy atom. The first kappa shape index (κ1) is 15.4. The van der Waals surface area contributed by atoms with Crippen molar-refractivity contribution in [3.05, 3.63) is 48.3 Å². The minimum atomic E-state index is -0.222. The topological polar surface area (TPSA) is 71.5 Å². The van der Waals surface area contributed by atoms with Crippen LogP contribution < -0.4 is 4.90 Å². The number of carbonyl (C=O) groups is 1. The summed E-state index contributed by atoms with van der Waals surface area (Å²) < 4.78 is 5.77. The molecule has 1 atom stereocenters. The molecule has 2 aromatic heterocycles. The van der Waals surface area contributed by atoms with Crippen LogP contribution in [-0.2, 0) is 4.74 Å². The zero-order valence-corrected chi connectivity index (χ0v) is 13.2. The summed E-state index contributed by atoms with van der Waals surface area (Å²) >= 11 is 0. The Morgan fingerprint density at radius 2 is 2.13 bits per heavy atom. The van der Waals surface area contributed by atoms with Crippen LogP contribution in [0, 0.1) is 0 Å². The highest BCUT2D eigenvalue weighted by molar-refractivity contribution is 5.92. The molecule has 7 heteroatoms. The molecule has 23 heavy (non-hydrogen) atoms. The Bertz CT molecular complexity index is 660. The summed E-state index contributed by atoms with van der Waals surface area (Å²) in [7, 11) is 3.93. The van der Waals surface area contributed by atoms with Crippen molar-refractivity contribution >= 4 is 11.6 Å². The van der Waals surface area contributed by atoms with E-state index in [0.29, 0.717) is 25.4 Å². The smallest absolute Gasteiger partial charge is 0.274 e. The summed E-state index contributed by atoms with van der Waals surface area (Å²) in [4.78, 5) is 28.7. The van der Waals surface area contributed by atoms with Crippen molar-refractivity contribution in [3.63, 3.8) is 0 Å². The van der Waals surface area contributed by atoms with E-state index in [1.807, 2.05) is 37.3 Å². The molecule has 120 valence electrons. The number of pyridine rings is 1. The van der Waals surface area contributed by atoms with Gasteiger partial charge in [-0.1, -0.05) is 0 Å². The monoisotopic (exact) mass is 313 g/mol. The van der Waals surface area contributed by atoms with Gasteiger partial charge in [-0.25, -0.2) is 4.98 Å². The number of amides is 1. The fourth-order valence-corrected chi connectivity index (χ4v) is 2.44. The molecule has 3 rings (SSSR count). The molecule has 7 nitrogen and oxygen atoms in total. The molecular formula is C16H19N5O2. The lowest BCUT2D eigenvalue weighted by atomic mass is 10.1. The van der Waals surface area contributed by atoms with Gasteiger partial charge in [-0.15, -0.1) is 0 Å². The molecule has 1 unspecified atom stereocenters. The minimum Gasteiger partial charge on any atom is -0.376 e. The van der Waals surface area contributed by atoms with Gasteiger partial charge in [-0.3, -0.25) is 14.8 Å². The van der Waals surface area contributed by atoms with E-state index < -0.39 is 0 Å². The van der Waals surface area contributed by atoms with Gasteiger partial charge in [0.25, 0.3) is 5.91 Å². The number of anilines is 1. The van der Waals surface area contributed by atoms with E-state index >= 15 is 0 Å². The number of rotatable bonds is 3. The molecule has 0 saturated carbocycles. The van der Waals surface area contributed by atoms with Crippen LogP contribution in [0.25, 0.3) is 0 Å². The van der Waals surface area contributed by atoms with Gasteiger partial charge in [0.1, 0.15) is 11.8 Å². The number of hydrogen-bond acceptors (Lipinski definition) is 6. The van der Waals surface area contributed by atoms with Gasteiger partial charge < -0.3 is 14.5 Å². The molecule has 0 N–H and O–H groups in total. The first-order valence-corrected chi connectivity index (χ1v) is 7.45. The third-order valence-electron chi connectivity index (χ3n) is 3.75. The largest absolute Gasteiger partial charge is 0.376 e. The van der Waals surface area contributed by atoms with Gasteiger partial charge in [0.2, 0.25) is 0 Å². The molecule has 1 amide bonds. The van der Waals surface area contributed by atoms with Gasteiger partial charge in [0.05, 0.1) is 36.9 Å². The first-order valence-electron chi connectivity index (χ1n) is 7.45. The number of nitrogens with zero attached hydrogens (tertiary/aromatic N) is 5. The summed E-state index contributed by atoms with van der Waals surface area (Å²) in [5.74, 6) is -0.128. The standard InChI is InChI=1S/C16H19N5O2/c1-20(2)12-3-4-13(19-9-12)15-11-21(7-8-23-15)16(22)14-10-17-5-6-18-14/h3-6,9-10,15H,7-8,11H2,1-2H3. The zero-order valence-electron chi connectivity index (χ0n) is 13.2. The Kier molecular flexibility index (Phi) is 4.47. The maximum Gasteiger partial charge on any atom is 0.274 e. The van der Waals surface area contributed by atoms with Crippen molar-refractivity contribution in [1.82, 2.24) is 19.9 Å². The third kappa shape index (κ3) is 3.45. The lowest BCUT2D eigenvalue weighted by Gasteiger charge is -2.32. The molecule has 2 aromatic rings. The summed E-state index contributed by atoms with van der Waals surface area (Å²) in [6, 6.07) is 3.94. The lowest BCUT2D eigenvalue weighted by Crippen LogP contribution is -2.42. The van der Waals surface area contributed by atoms with Gasteiger partial charge in [-0.2, -0.15) is 0 Å². The second-order valence-electron chi connectivity index (χ2n) is 5.54. The van der Waals surface area contributed by atoms with Crippen LogP contribution in [0.1, 0.15) is 22.3 Å². The molecular weight excluding hydrogens is 294 g/mol. The SMILES string of the molecule is CN(C)c1ccc(C2CN(C(=O)c3cnccn3)CCO2)nc1. The molecule has 0 aromatic carbocycles. The number of aromatic nitrogens is 3. The maximum absolute atomic E-state index is 12.5. The van der Waals surface area contributed by atoms with E-state index in [-0.39, 0.29) is 12.0 Å². The van der Waals surface area contributed by atoms with Crippen LogP contribution >= 0.6 is 0 Å². The van der Waals surface area contributed by atoms with Crippen LogP contribution in [0.3, 0.4) is 0 Å². The molecule has 0 spiro atoms. The van der Waals surface area contributed by atoms with E-state index in [2.05, 4.69) is 15.0 Å². The molecule has 1 aliphatic heterocycles. The van der Waals surface area contributed by atoms with Crippen LogP contribution in [0.5, 0.6) is 0 Å². The van der Waals surface area contributed by atoms with E-state index in [0.717, 1.165) is 11.4 Å². The highest BCUT2D eigenvalue weighted by Gasteiger charge is 2.27. The molecule has 1 aliphatic rings. The first-order chi connectivity index (χ1) is 11.1. The fourth-order valence-electron chi connectivity index (χ4n) is 2.44. The van der Waals surface area contributed by atoms with Crippen LogP contribution in [-0.4, -0.2) is 59.6 Å². The van der Waals surface area contributed by atoms with Gasteiger partial charge in [0.15, 0.2) is 0 Å². The Hall–Kier alpha value is -2.54. The minimum absolute atomic E-state index is 0.128. The molecule has 0 bridgehead atoms. The number of morpholine rings is 1. The second-order valence-corrected chi connectivity index (χ2v) is 5.54. The number of hydrogen-bond donors (Lipinski definition) is 0. The van der Waals surface area contributed by atoms with Crippen molar-refractivity contribution < 1.29 is 9.53 Å². The van der Waals surface area contributed by atoms with Crippen LogP contribution in [0.4, 0.5) is 5.69 Å². The van der Waals surface area contributed by atoms with Gasteiger partial charge in [-0.05, 0) is 12.1 Å². The van der Waals surface area contributed by atoms with E-state index in [1.54, 1.807) is 11.1 Å². The molecule has 1 saturated heterocycles. The van der Waals surface area contributed by atoms with Gasteiger partial charge in [0, 0.05) is 33.0 Å². The average Bonchev–Trinajstić information content (AvgIpc) is 2.62. The summed E-state index contributed by atoms with van der Waals surface area (Å²) in [6.07, 6.45) is 6.14. The summed E-state index contributed by atoms with van der Waals surface area (Å²) in [5, 5.41) is 0. The van der Waals surface area contributed by atoms with E-state index in [1.165, 1.54) is 12.4 Å². The highest BCUT2D eigenvalue weighted by Crippen LogP contribution is 2.22.